The first kappa shape index (κ1) is 15.9. The number of imidazole rings is 2. The molecule has 0 saturated carbocycles. The van der Waals surface area contributed by atoms with Gasteiger partial charge in [0.05, 0.1) is 0 Å². The van der Waals surface area contributed by atoms with E-state index >= 15 is 0 Å². The molecule has 4 nitrogen and oxygen atoms in total. The molecule has 1 aromatic carbocycles. The van der Waals surface area contributed by atoms with E-state index in [1.165, 1.54) is 0 Å². The van der Waals surface area contributed by atoms with Crippen LogP contribution in [0.4, 0.5) is 0 Å². The quantitative estimate of drug-likeness (QED) is 0.656. The monoisotopic (exact) mass is 360 g/mol. The molecule has 0 atom stereocenters. The summed E-state index contributed by atoms with van der Waals surface area (Å²) in [5.74, 6) is 0. The predicted octanol–water partition coefficient (Wildman–Crippen LogP) is 2.69. The Balaban J connectivity index is 2.34. The van der Waals surface area contributed by atoms with E-state index in [-0.39, 0.29) is 0 Å². The average molecular weight is 361 g/mol. The van der Waals surface area contributed by atoms with Crippen LogP contribution < -0.4 is 16.4 Å². The molecule has 7 heteroatoms. The molecule has 0 saturated heterocycles. The lowest BCUT2D eigenvalue weighted by atomic mass is 10.4. The fraction of sp³-hybridized carbons (Fsp3) is 0. The average Bonchev–Trinajstić information content (AvgIpc) is 3.23. The van der Waals surface area contributed by atoms with Gasteiger partial charge in [-0.25, -0.2) is 9.97 Å². The Morgan fingerprint density at radius 1 is 0.957 bits per heavy atom. The van der Waals surface area contributed by atoms with Crippen molar-refractivity contribution in [3.05, 3.63) is 67.2 Å². The number of hydrogen-bond donors (Lipinski definition) is 0. The molecule has 0 unspecified atom stereocenters. The van der Waals surface area contributed by atoms with Gasteiger partial charge in [-0.15, -0.1) is 0 Å². The van der Waals surface area contributed by atoms with Gasteiger partial charge in [0.15, 0.2) is 11.1 Å². The van der Waals surface area contributed by atoms with E-state index in [0.29, 0.717) is 5.02 Å². The molecule has 2 heterocycles. The molecule has 23 heavy (non-hydrogen) atoms. The van der Waals surface area contributed by atoms with Crippen LogP contribution in [0.3, 0.4) is 0 Å². The highest BCUT2D eigenvalue weighted by atomic mass is 35.5. The zero-order valence-corrected chi connectivity index (χ0v) is 14.7. The first-order valence-corrected chi connectivity index (χ1v) is 9.97. The van der Waals surface area contributed by atoms with Gasteiger partial charge in [-0.3, -0.25) is 0 Å². The maximum atomic E-state index is 6.17. The largest absolute Gasteiger partial charge is 0.306 e. The molecule has 3 rings (SSSR count). The first-order valence-electron chi connectivity index (χ1n) is 6.79. The Bertz CT molecular complexity index is 860. The van der Waals surface area contributed by atoms with Crippen molar-refractivity contribution in [1.82, 2.24) is 19.1 Å². The fourth-order valence-corrected chi connectivity index (χ4v) is 6.31. The zero-order valence-electron chi connectivity index (χ0n) is 12.2. The summed E-state index contributed by atoms with van der Waals surface area (Å²) in [6, 6.07) is 5.07. The molecular weight excluding hydrogens is 347 g/mol. The first-order chi connectivity index (χ1) is 11.1. The van der Waals surface area contributed by atoms with Crippen LogP contribution in [0.5, 0.6) is 0 Å². The number of halogens is 1. The molecule has 0 spiro atoms. The second-order valence-corrected chi connectivity index (χ2v) is 9.33. The van der Waals surface area contributed by atoms with Crippen LogP contribution in [0.15, 0.2) is 62.2 Å². The van der Waals surface area contributed by atoms with Crippen LogP contribution in [0.25, 0.3) is 12.4 Å². The maximum absolute atomic E-state index is 6.17. The zero-order chi connectivity index (χ0) is 16.4. The molecule has 0 amide bonds. The van der Waals surface area contributed by atoms with E-state index in [1.54, 1.807) is 24.8 Å². The molecular formula is C16H14ClN4PS. The SMILES string of the molecule is C=Cn1ccnc1P(=S)(c1ccc(Cl)cc1)c1nccn1C=C. The highest BCUT2D eigenvalue weighted by Crippen LogP contribution is 2.41. The van der Waals surface area contributed by atoms with Crippen molar-refractivity contribution < 1.29 is 0 Å². The summed E-state index contributed by atoms with van der Waals surface area (Å²) < 4.78 is 3.69. The Morgan fingerprint density at radius 3 is 1.87 bits per heavy atom. The predicted molar refractivity (Wildman–Crippen MR) is 102 cm³/mol. The summed E-state index contributed by atoms with van der Waals surface area (Å²) in [6.07, 6.45) is 10.5. The molecule has 0 radical (unpaired) electrons. The molecule has 0 N–H and O–H groups in total. The van der Waals surface area contributed by atoms with E-state index in [4.69, 9.17) is 23.4 Å². The normalized spacial score (nSPS) is 11.3. The van der Waals surface area contributed by atoms with E-state index in [0.717, 1.165) is 16.4 Å². The highest BCUT2D eigenvalue weighted by molar-refractivity contribution is 8.25. The van der Waals surface area contributed by atoms with E-state index in [1.807, 2.05) is 45.8 Å². The van der Waals surface area contributed by atoms with Crippen molar-refractivity contribution in [2.45, 2.75) is 0 Å². The van der Waals surface area contributed by atoms with Gasteiger partial charge in [-0.1, -0.05) is 48.7 Å². The highest BCUT2D eigenvalue weighted by Gasteiger charge is 2.32. The summed E-state index contributed by atoms with van der Waals surface area (Å²) in [5, 5.41) is 1.62. The summed E-state index contributed by atoms with van der Waals surface area (Å²) in [5.41, 5.74) is 1.50. The molecule has 3 aromatic rings. The van der Waals surface area contributed by atoms with Crippen molar-refractivity contribution in [3.8, 4) is 0 Å². The number of benzene rings is 1. The van der Waals surface area contributed by atoms with Crippen molar-refractivity contribution >= 4 is 58.3 Å². The van der Waals surface area contributed by atoms with Gasteiger partial charge >= 0.3 is 0 Å². The number of aromatic nitrogens is 4. The minimum absolute atomic E-state index is 0.662. The van der Waals surface area contributed by atoms with Crippen LogP contribution in [-0.2, 0) is 11.8 Å². The van der Waals surface area contributed by atoms with Gasteiger partial charge in [0.25, 0.3) is 0 Å². The van der Waals surface area contributed by atoms with Crippen molar-refractivity contribution in [2.24, 2.45) is 0 Å². The molecule has 0 aliphatic heterocycles. The van der Waals surface area contributed by atoms with Gasteiger partial charge in [0.1, 0.15) is 6.04 Å². The Kier molecular flexibility index (Phi) is 4.35. The van der Waals surface area contributed by atoms with Gasteiger partial charge < -0.3 is 9.13 Å². The minimum Gasteiger partial charge on any atom is -0.306 e. The molecule has 116 valence electrons. The van der Waals surface area contributed by atoms with Gasteiger partial charge in [0, 0.05) is 42.2 Å². The van der Waals surface area contributed by atoms with E-state index in [9.17, 15) is 0 Å². The topological polar surface area (TPSA) is 35.6 Å². The summed E-state index contributed by atoms with van der Waals surface area (Å²) in [7, 11) is 0. The smallest absolute Gasteiger partial charge is 0.157 e. The molecule has 0 fully saturated rings. The van der Waals surface area contributed by atoms with Crippen molar-refractivity contribution in [2.75, 3.05) is 0 Å². The molecule has 0 aliphatic carbocycles. The summed E-state index contributed by atoms with van der Waals surface area (Å²) in [6.45, 7) is 7.67. The second-order valence-electron chi connectivity index (χ2n) is 4.72. The standard InChI is InChI=1S/C16H14ClN4PS/c1-3-20-11-9-18-15(20)22(23,14-7-5-13(17)6-8-14)16-19-10-12-21(16)4-2/h3-12H,1-2H2. The third kappa shape index (κ3) is 2.61. The molecule has 0 aliphatic rings. The lowest BCUT2D eigenvalue weighted by molar-refractivity contribution is 1.18. The Labute approximate surface area is 144 Å². The van der Waals surface area contributed by atoms with Gasteiger partial charge in [0.2, 0.25) is 0 Å². The summed E-state index contributed by atoms with van der Waals surface area (Å²) in [4.78, 5) is 9.01. The summed E-state index contributed by atoms with van der Waals surface area (Å²) >= 11 is 12.2. The number of rotatable bonds is 5. The molecule has 2 aromatic heterocycles. The lowest BCUT2D eigenvalue weighted by Crippen LogP contribution is -2.33. The Hall–Kier alpha value is -1.94. The molecule has 0 bridgehead atoms. The van der Waals surface area contributed by atoms with Gasteiger partial charge in [-0.2, -0.15) is 0 Å². The third-order valence-electron chi connectivity index (χ3n) is 3.44. The van der Waals surface area contributed by atoms with Crippen LogP contribution >= 0.6 is 17.6 Å². The Morgan fingerprint density at radius 2 is 1.43 bits per heavy atom. The van der Waals surface area contributed by atoms with E-state index < -0.39 is 6.04 Å². The lowest BCUT2D eigenvalue weighted by Gasteiger charge is -2.22. The third-order valence-corrected chi connectivity index (χ3v) is 8.15. The van der Waals surface area contributed by atoms with Crippen molar-refractivity contribution in [1.29, 1.82) is 0 Å². The number of nitrogens with zero attached hydrogens (tertiary/aromatic N) is 4. The van der Waals surface area contributed by atoms with Crippen LogP contribution in [0, 0.1) is 0 Å². The maximum Gasteiger partial charge on any atom is 0.157 e. The van der Waals surface area contributed by atoms with Crippen molar-refractivity contribution in [3.63, 3.8) is 0 Å². The van der Waals surface area contributed by atoms with Crippen LogP contribution in [0.1, 0.15) is 0 Å². The number of hydrogen-bond acceptors (Lipinski definition) is 3. The van der Waals surface area contributed by atoms with E-state index in [2.05, 4.69) is 23.1 Å². The van der Waals surface area contributed by atoms with Crippen LogP contribution in [0.2, 0.25) is 5.02 Å². The van der Waals surface area contributed by atoms with Crippen LogP contribution in [-0.4, -0.2) is 19.1 Å². The fourth-order valence-electron chi connectivity index (χ4n) is 2.35. The second kappa shape index (κ2) is 6.28. The van der Waals surface area contributed by atoms with Gasteiger partial charge in [-0.05, 0) is 17.4 Å². The minimum atomic E-state index is -2.47.